The number of nitrogen functional groups attached to an aromatic ring is 1. The van der Waals surface area contributed by atoms with E-state index in [1.165, 1.54) is 12.1 Å². The second kappa shape index (κ2) is 5.62. The summed E-state index contributed by atoms with van der Waals surface area (Å²) in [5, 5.41) is 9.16. The highest BCUT2D eigenvalue weighted by Crippen LogP contribution is 2.32. The molecule has 0 aliphatic heterocycles. The van der Waals surface area contributed by atoms with Crippen molar-refractivity contribution in [2.45, 2.75) is 0 Å². The van der Waals surface area contributed by atoms with Gasteiger partial charge in [-0.2, -0.15) is 5.26 Å². The van der Waals surface area contributed by atoms with Crippen molar-refractivity contribution in [1.29, 1.82) is 5.26 Å². The number of hydrogen-bond acceptors (Lipinski definition) is 4. The van der Waals surface area contributed by atoms with Gasteiger partial charge in [-0.1, -0.05) is 0 Å². The first kappa shape index (κ1) is 13.7. The van der Waals surface area contributed by atoms with E-state index in [1.54, 1.807) is 30.6 Å². The number of nitriles is 1. The van der Waals surface area contributed by atoms with Gasteiger partial charge in [0.15, 0.2) is 0 Å². The molecule has 0 saturated heterocycles. The van der Waals surface area contributed by atoms with Crippen LogP contribution in [-0.4, -0.2) is 9.97 Å². The van der Waals surface area contributed by atoms with Gasteiger partial charge in [0.1, 0.15) is 17.7 Å². The molecule has 2 heterocycles. The molecule has 0 spiro atoms. The van der Waals surface area contributed by atoms with Gasteiger partial charge in [-0.15, -0.1) is 0 Å². The lowest BCUT2D eigenvalue weighted by Crippen LogP contribution is -1.99. The zero-order chi connectivity index (χ0) is 15.5. The second-order valence-corrected chi connectivity index (χ2v) is 4.67. The SMILES string of the molecule is N#Cc1cc(-c2ccncc2)c(-c2ccc(F)cc2)nc1N. The molecule has 22 heavy (non-hydrogen) atoms. The number of nitrogens with zero attached hydrogens (tertiary/aromatic N) is 3. The third-order valence-corrected chi connectivity index (χ3v) is 3.28. The van der Waals surface area contributed by atoms with Crippen molar-refractivity contribution in [2.75, 3.05) is 5.73 Å². The Hall–Kier alpha value is -3.26. The van der Waals surface area contributed by atoms with E-state index in [1.807, 2.05) is 18.2 Å². The molecule has 0 amide bonds. The molecule has 106 valence electrons. The molecule has 0 unspecified atom stereocenters. The lowest BCUT2D eigenvalue weighted by atomic mass is 9.98. The van der Waals surface area contributed by atoms with Crippen molar-refractivity contribution in [3.05, 3.63) is 66.2 Å². The van der Waals surface area contributed by atoms with Crippen LogP contribution in [0.3, 0.4) is 0 Å². The maximum absolute atomic E-state index is 13.1. The Labute approximate surface area is 126 Å². The summed E-state index contributed by atoms with van der Waals surface area (Å²) in [6.07, 6.45) is 3.32. The standard InChI is InChI=1S/C17H11FN4/c18-14-3-1-12(2-4-14)16-15(11-5-7-21-8-6-11)9-13(10-19)17(20)22-16/h1-9H,(H2,20,22). The summed E-state index contributed by atoms with van der Waals surface area (Å²) in [7, 11) is 0. The minimum atomic E-state index is -0.323. The Morgan fingerprint density at radius 2 is 1.68 bits per heavy atom. The van der Waals surface area contributed by atoms with Crippen LogP contribution in [0, 0.1) is 17.1 Å². The van der Waals surface area contributed by atoms with Crippen LogP contribution in [0.2, 0.25) is 0 Å². The van der Waals surface area contributed by atoms with Crippen molar-refractivity contribution in [3.63, 3.8) is 0 Å². The van der Waals surface area contributed by atoms with E-state index < -0.39 is 0 Å². The van der Waals surface area contributed by atoms with Crippen molar-refractivity contribution in [2.24, 2.45) is 0 Å². The first-order chi connectivity index (χ1) is 10.7. The Bertz CT molecular complexity index is 852. The van der Waals surface area contributed by atoms with Gasteiger partial charge in [0.25, 0.3) is 0 Å². The highest BCUT2D eigenvalue weighted by molar-refractivity contribution is 5.83. The van der Waals surface area contributed by atoms with E-state index in [4.69, 9.17) is 11.0 Å². The summed E-state index contributed by atoms with van der Waals surface area (Å²) in [6.45, 7) is 0. The quantitative estimate of drug-likeness (QED) is 0.784. The normalized spacial score (nSPS) is 10.2. The predicted molar refractivity (Wildman–Crippen MR) is 82.0 cm³/mol. The fourth-order valence-corrected chi connectivity index (χ4v) is 2.20. The molecule has 0 radical (unpaired) electrons. The Kier molecular flexibility index (Phi) is 3.50. The second-order valence-electron chi connectivity index (χ2n) is 4.67. The molecule has 0 saturated carbocycles. The summed E-state index contributed by atoms with van der Waals surface area (Å²) in [6, 6.07) is 13.4. The van der Waals surface area contributed by atoms with Crippen molar-refractivity contribution < 1.29 is 4.39 Å². The average molecular weight is 290 g/mol. The van der Waals surface area contributed by atoms with Crippen LogP contribution in [0.1, 0.15) is 5.56 Å². The molecule has 1 aromatic carbocycles. The minimum absolute atomic E-state index is 0.152. The zero-order valence-electron chi connectivity index (χ0n) is 11.5. The molecular formula is C17H11FN4. The topological polar surface area (TPSA) is 75.6 Å². The highest BCUT2D eigenvalue weighted by Gasteiger charge is 2.13. The minimum Gasteiger partial charge on any atom is -0.383 e. The van der Waals surface area contributed by atoms with Gasteiger partial charge in [0, 0.05) is 23.5 Å². The lowest BCUT2D eigenvalue weighted by molar-refractivity contribution is 0.628. The van der Waals surface area contributed by atoms with Crippen LogP contribution in [0.25, 0.3) is 22.4 Å². The van der Waals surface area contributed by atoms with E-state index in [0.717, 1.165) is 16.7 Å². The molecule has 0 atom stereocenters. The fraction of sp³-hybridized carbons (Fsp3) is 0. The fourth-order valence-electron chi connectivity index (χ4n) is 2.20. The largest absolute Gasteiger partial charge is 0.383 e. The van der Waals surface area contributed by atoms with Gasteiger partial charge in [-0.3, -0.25) is 4.98 Å². The van der Waals surface area contributed by atoms with Crippen LogP contribution in [0.15, 0.2) is 54.9 Å². The zero-order valence-corrected chi connectivity index (χ0v) is 11.5. The molecule has 3 rings (SSSR count). The van der Waals surface area contributed by atoms with Crippen molar-refractivity contribution in [1.82, 2.24) is 9.97 Å². The number of halogens is 1. The van der Waals surface area contributed by atoms with Gasteiger partial charge in [0.2, 0.25) is 0 Å². The molecule has 0 bridgehead atoms. The smallest absolute Gasteiger partial charge is 0.142 e. The summed E-state index contributed by atoms with van der Waals surface area (Å²) in [5.41, 5.74) is 9.06. The number of aromatic nitrogens is 2. The molecule has 2 aromatic heterocycles. The Morgan fingerprint density at radius 3 is 2.32 bits per heavy atom. The number of benzene rings is 1. The van der Waals surface area contributed by atoms with Gasteiger partial charge in [0.05, 0.1) is 11.3 Å². The number of hydrogen-bond donors (Lipinski definition) is 1. The van der Waals surface area contributed by atoms with Crippen LogP contribution in [0.5, 0.6) is 0 Å². The molecule has 0 aliphatic carbocycles. The van der Waals surface area contributed by atoms with Crippen LogP contribution >= 0.6 is 0 Å². The molecule has 0 fully saturated rings. The molecule has 5 heteroatoms. The van der Waals surface area contributed by atoms with E-state index in [0.29, 0.717) is 11.3 Å². The van der Waals surface area contributed by atoms with E-state index in [9.17, 15) is 4.39 Å². The highest BCUT2D eigenvalue weighted by atomic mass is 19.1. The van der Waals surface area contributed by atoms with E-state index in [-0.39, 0.29) is 11.6 Å². The maximum atomic E-state index is 13.1. The third-order valence-electron chi connectivity index (χ3n) is 3.28. The van der Waals surface area contributed by atoms with Gasteiger partial charge in [-0.25, -0.2) is 9.37 Å². The predicted octanol–water partition coefficient (Wildman–Crippen LogP) is 3.40. The van der Waals surface area contributed by atoms with Crippen molar-refractivity contribution in [3.8, 4) is 28.5 Å². The summed E-state index contributed by atoms with van der Waals surface area (Å²) < 4.78 is 13.1. The van der Waals surface area contributed by atoms with Crippen LogP contribution in [-0.2, 0) is 0 Å². The van der Waals surface area contributed by atoms with Gasteiger partial charge in [-0.05, 0) is 48.0 Å². The molecule has 0 aliphatic rings. The number of nitrogens with two attached hydrogens (primary N) is 1. The van der Waals surface area contributed by atoms with E-state index in [2.05, 4.69) is 9.97 Å². The Balaban J connectivity index is 2.27. The number of pyridine rings is 2. The van der Waals surface area contributed by atoms with E-state index >= 15 is 0 Å². The lowest BCUT2D eigenvalue weighted by Gasteiger charge is -2.11. The van der Waals surface area contributed by atoms with Crippen LogP contribution < -0.4 is 5.73 Å². The summed E-state index contributed by atoms with van der Waals surface area (Å²) in [5.74, 6) is -0.171. The molecule has 4 nitrogen and oxygen atoms in total. The molecule has 3 aromatic rings. The third kappa shape index (κ3) is 2.50. The number of rotatable bonds is 2. The average Bonchev–Trinajstić information content (AvgIpc) is 2.56. The maximum Gasteiger partial charge on any atom is 0.142 e. The number of anilines is 1. The Morgan fingerprint density at radius 1 is 1.00 bits per heavy atom. The monoisotopic (exact) mass is 290 g/mol. The summed E-state index contributed by atoms with van der Waals surface area (Å²) in [4.78, 5) is 8.32. The first-order valence-corrected chi connectivity index (χ1v) is 6.56. The van der Waals surface area contributed by atoms with Gasteiger partial charge >= 0.3 is 0 Å². The van der Waals surface area contributed by atoms with Crippen LogP contribution in [0.4, 0.5) is 10.2 Å². The summed E-state index contributed by atoms with van der Waals surface area (Å²) >= 11 is 0. The van der Waals surface area contributed by atoms with Gasteiger partial charge < -0.3 is 5.73 Å². The van der Waals surface area contributed by atoms with Crippen molar-refractivity contribution >= 4 is 5.82 Å². The molecular weight excluding hydrogens is 279 g/mol. The first-order valence-electron chi connectivity index (χ1n) is 6.56. The molecule has 2 N–H and O–H groups in total.